The molecule has 0 saturated heterocycles. The minimum absolute atomic E-state index is 0.0154. The van der Waals surface area contributed by atoms with E-state index >= 15 is 0 Å². The highest BCUT2D eigenvalue weighted by molar-refractivity contribution is 5.85. The van der Waals surface area contributed by atoms with E-state index in [0.29, 0.717) is 46.2 Å². The molecule has 0 aliphatic rings. The third-order valence-electron chi connectivity index (χ3n) is 5.94. The Morgan fingerprint density at radius 1 is 0.528 bits per heavy atom. The van der Waals surface area contributed by atoms with E-state index in [0.717, 1.165) is 12.8 Å². The lowest BCUT2D eigenvalue weighted by molar-refractivity contribution is -0.143. The highest BCUT2D eigenvalue weighted by Crippen LogP contribution is 2.13. The van der Waals surface area contributed by atoms with Gasteiger partial charge in [-0.2, -0.15) is 0 Å². The van der Waals surface area contributed by atoms with E-state index in [1.807, 2.05) is 0 Å². The van der Waals surface area contributed by atoms with Crippen molar-refractivity contribution in [1.29, 1.82) is 0 Å². The summed E-state index contributed by atoms with van der Waals surface area (Å²) in [6, 6.07) is 0. The number of ether oxygens (including phenoxy) is 5. The fraction of sp³-hybridized carbons (Fsp3) is 0.897. The molecule has 0 fully saturated rings. The van der Waals surface area contributed by atoms with Gasteiger partial charge in [-0.25, -0.2) is 4.79 Å². The maximum absolute atomic E-state index is 11.9. The maximum Gasteiger partial charge on any atom is 0.372 e. The van der Waals surface area contributed by atoms with Crippen molar-refractivity contribution in [3.8, 4) is 0 Å². The SMILES string of the molecule is C=C(OCCOCCOCCOCCO)C(=O)OCCCCCCCCCCCCCCCCCC. The molecule has 7 heteroatoms. The van der Waals surface area contributed by atoms with E-state index < -0.39 is 5.97 Å². The lowest BCUT2D eigenvalue weighted by Crippen LogP contribution is -2.15. The van der Waals surface area contributed by atoms with Gasteiger partial charge in [0.05, 0.1) is 52.9 Å². The molecule has 0 saturated carbocycles. The minimum atomic E-state index is -0.498. The number of hydrogen-bond donors (Lipinski definition) is 1. The summed E-state index contributed by atoms with van der Waals surface area (Å²) in [5.41, 5.74) is 0. The van der Waals surface area contributed by atoms with Crippen LogP contribution < -0.4 is 0 Å². The number of rotatable bonds is 30. The molecule has 214 valence electrons. The predicted molar refractivity (Wildman–Crippen MR) is 145 cm³/mol. The second kappa shape index (κ2) is 30.1. The fourth-order valence-electron chi connectivity index (χ4n) is 3.78. The Kier molecular flexibility index (Phi) is 29.1. The zero-order chi connectivity index (χ0) is 26.4. The highest BCUT2D eigenvalue weighted by atomic mass is 16.6. The van der Waals surface area contributed by atoms with E-state index in [2.05, 4.69) is 13.5 Å². The van der Waals surface area contributed by atoms with Crippen LogP contribution >= 0.6 is 0 Å². The summed E-state index contributed by atoms with van der Waals surface area (Å²) in [4.78, 5) is 11.9. The summed E-state index contributed by atoms with van der Waals surface area (Å²) in [6.45, 7) is 9.02. The molecule has 0 aromatic carbocycles. The molecule has 0 heterocycles. The molecule has 0 aliphatic carbocycles. The van der Waals surface area contributed by atoms with Crippen LogP contribution in [0.4, 0.5) is 0 Å². The molecular weight excluding hydrogens is 460 g/mol. The summed E-state index contributed by atoms with van der Waals surface area (Å²) >= 11 is 0. The smallest absolute Gasteiger partial charge is 0.372 e. The van der Waals surface area contributed by atoms with Crippen LogP contribution in [0.25, 0.3) is 0 Å². The van der Waals surface area contributed by atoms with E-state index in [4.69, 9.17) is 28.8 Å². The molecule has 1 N–H and O–H groups in total. The number of esters is 1. The Labute approximate surface area is 221 Å². The number of aliphatic hydroxyl groups is 1. The van der Waals surface area contributed by atoms with Crippen LogP contribution in [0.5, 0.6) is 0 Å². The van der Waals surface area contributed by atoms with Gasteiger partial charge in [-0.15, -0.1) is 0 Å². The normalized spacial score (nSPS) is 11.1. The molecule has 0 bridgehead atoms. The van der Waals surface area contributed by atoms with Gasteiger partial charge < -0.3 is 28.8 Å². The maximum atomic E-state index is 11.9. The Bertz CT molecular complexity index is 471. The molecule has 0 rings (SSSR count). The molecular formula is C29H56O7. The van der Waals surface area contributed by atoms with Gasteiger partial charge in [-0.1, -0.05) is 103 Å². The van der Waals surface area contributed by atoms with Crippen LogP contribution in [0.1, 0.15) is 110 Å². The molecule has 0 unspecified atom stereocenters. The summed E-state index contributed by atoms with van der Waals surface area (Å²) in [6.07, 6.45) is 21.1. The number of unbranched alkanes of at least 4 members (excludes halogenated alkanes) is 15. The van der Waals surface area contributed by atoms with Crippen LogP contribution in [0, 0.1) is 0 Å². The fourth-order valence-corrected chi connectivity index (χ4v) is 3.78. The van der Waals surface area contributed by atoms with Gasteiger partial charge in [0, 0.05) is 0 Å². The first-order chi connectivity index (χ1) is 17.7. The number of carbonyl (C=O) groups is 1. The van der Waals surface area contributed by atoms with E-state index in [9.17, 15) is 4.79 Å². The quantitative estimate of drug-likeness (QED) is 0.0514. The standard InChI is InChI=1S/C29H56O7/c1-3-4-5-6-7-8-9-10-11-12-13-14-15-16-17-18-20-36-29(31)28(2)35-27-26-34-25-24-33-23-22-32-21-19-30/h30H,2-27H2,1H3. The summed E-state index contributed by atoms with van der Waals surface area (Å²) < 4.78 is 26.2. The average Bonchev–Trinajstić information content (AvgIpc) is 2.88. The van der Waals surface area contributed by atoms with Crippen LogP contribution in [-0.4, -0.2) is 70.5 Å². The van der Waals surface area contributed by atoms with Crippen molar-refractivity contribution in [3.05, 3.63) is 12.3 Å². The van der Waals surface area contributed by atoms with Crippen molar-refractivity contribution in [3.63, 3.8) is 0 Å². The molecule has 0 radical (unpaired) electrons. The summed E-state index contributed by atoms with van der Waals surface area (Å²) in [7, 11) is 0. The monoisotopic (exact) mass is 516 g/mol. The van der Waals surface area contributed by atoms with Gasteiger partial charge >= 0.3 is 5.97 Å². The van der Waals surface area contributed by atoms with Gasteiger partial charge in [-0.05, 0) is 13.0 Å². The van der Waals surface area contributed by atoms with Crippen molar-refractivity contribution < 1.29 is 33.6 Å². The molecule has 7 nitrogen and oxygen atoms in total. The minimum Gasteiger partial charge on any atom is -0.485 e. The van der Waals surface area contributed by atoms with Crippen molar-refractivity contribution in [2.24, 2.45) is 0 Å². The van der Waals surface area contributed by atoms with Crippen molar-refractivity contribution >= 4 is 5.97 Å². The Hall–Kier alpha value is -1.15. The first kappa shape index (κ1) is 34.9. The summed E-state index contributed by atoms with van der Waals surface area (Å²) in [5.74, 6) is -0.477. The van der Waals surface area contributed by atoms with Gasteiger partial charge in [0.15, 0.2) is 5.76 Å². The van der Waals surface area contributed by atoms with Crippen LogP contribution in [-0.2, 0) is 28.5 Å². The zero-order valence-electron chi connectivity index (χ0n) is 23.3. The topological polar surface area (TPSA) is 83.5 Å². The average molecular weight is 517 g/mol. The van der Waals surface area contributed by atoms with Crippen molar-refractivity contribution in [1.82, 2.24) is 0 Å². The Balaban J connectivity index is 3.27. The molecule has 0 atom stereocenters. The predicted octanol–water partition coefficient (Wildman–Crippen LogP) is 6.36. The van der Waals surface area contributed by atoms with Gasteiger partial charge in [-0.3, -0.25) is 0 Å². The first-order valence-electron chi connectivity index (χ1n) is 14.5. The highest BCUT2D eigenvalue weighted by Gasteiger charge is 2.09. The van der Waals surface area contributed by atoms with Gasteiger partial charge in [0.1, 0.15) is 6.61 Å². The summed E-state index contributed by atoms with van der Waals surface area (Å²) in [5, 5.41) is 8.57. The largest absolute Gasteiger partial charge is 0.485 e. The van der Waals surface area contributed by atoms with E-state index in [1.165, 1.54) is 89.9 Å². The molecule has 0 aliphatic heterocycles. The molecule has 0 amide bonds. The number of hydrogen-bond acceptors (Lipinski definition) is 7. The lowest BCUT2D eigenvalue weighted by atomic mass is 10.0. The second-order valence-electron chi connectivity index (χ2n) is 9.27. The Morgan fingerprint density at radius 2 is 0.917 bits per heavy atom. The number of aliphatic hydroxyl groups excluding tert-OH is 1. The molecule has 0 aromatic rings. The van der Waals surface area contributed by atoms with Crippen molar-refractivity contribution in [2.75, 3.05) is 59.5 Å². The van der Waals surface area contributed by atoms with Gasteiger partial charge in [0.25, 0.3) is 0 Å². The van der Waals surface area contributed by atoms with Crippen LogP contribution in [0.15, 0.2) is 12.3 Å². The van der Waals surface area contributed by atoms with Gasteiger partial charge in [0.2, 0.25) is 0 Å². The van der Waals surface area contributed by atoms with Crippen LogP contribution in [0.3, 0.4) is 0 Å². The van der Waals surface area contributed by atoms with Crippen LogP contribution in [0.2, 0.25) is 0 Å². The van der Waals surface area contributed by atoms with E-state index in [1.54, 1.807) is 0 Å². The third kappa shape index (κ3) is 27.4. The third-order valence-corrected chi connectivity index (χ3v) is 5.94. The number of carbonyl (C=O) groups excluding carboxylic acids is 1. The molecule has 0 spiro atoms. The second-order valence-corrected chi connectivity index (χ2v) is 9.27. The van der Waals surface area contributed by atoms with Crippen molar-refractivity contribution in [2.45, 2.75) is 110 Å². The van der Waals surface area contributed by atoms with E-state index in [-0.39, 0.29) is 19.0 Å². The zero-order valence-corrected chi connectivity index (χ0v) is 23.3. The lowest BCUT2D eigenvalue weighted by Gasteiger charge is -2.10. The molecule has 36 heavy (non-hydrogen) atoms. The Morgan fingerprint density at radius 3 is 1.36 bits per heavy atom. The first-order valence-corrected chi connectivity index (χ1v) is 14.5. The molecule has 0 aromatic heterocycles.